The van der Waals surface area contributed by atoms with Gasteiger partial charge in [0.25, 0.3) is 0 Å². The molecule has 0 saturated carbocycles. The summed E-state index contributed by atoms with van der Waals surface area (Å²) < 4.78 is 7.61. The van der Waals surface area contributed by atoms with E-state index < -0.39 is 0 Å². The first-order chi connectivity index (χ1) is 13.9. The Bertz CT molecular complexity index is 970. The van der Waals surface area contributed by atoms with Crippen LogP contribution in [0, 0.1) is 20.8 Å². The predicted molar refractivity (Wildman–Crippen MR) is 111 cm³/mol. The molecule has 0 N–H and O–H groups in total. The van der Waals surface area contributed by atoms with Crippen molar-refractivity contribution in [3.8, 4) is 11.4 Å². The topological polar surface area (TPSA) is 72.9 Å². The summed E-state index contributed by atoms with van der Waals surface area (Å²) in [4.78, 5) is 16.8. The van der Waals surface area contributed by atoms with Crippen LogP contribution < -0.4 is 0 Å². The lowest BCUT2D eigenvalue weighted by Gasteiger charge is -2.35. The second kappa shape index (κ2) is 8.06. The molecule has 1 fully saturated rings. The fraction of sp³-hybridized carbons (Fsp3) is 0.545. The SMILES string of the molecule is Cc1cc(C2CCCCN2Cc2nccn2C(C)C)nc(-c2c(C)noc2C)n1. The van der Waals surface area contributed by atoms with Gasteiger partial charge < -0.3 is 9.09 Å². The van der Waals surface area contributed by atoms with Gasteiger partial charge in [-0.05, 0) is 60.1 Å². The van der Waals surface area contributed by atoms with Crippen molar-refractivity contribution in [3.05, 3.63) is 47.1 Å². The van der Waals surface area contributed by atoms with Crippen LogP contribution in [0.25, 0.3) is 11.4 Å². The van der Waals surface area contributed by atoms with Crippen LogP contribution in [0.1, 0.15) is 73.9 Å². The molecule has 1 aliphatic heterocycles. The minimum Gasteiger partial charge on any atom is -0.361 e. The van der Waals surface area contributed by atoms with Gasteiger partial charge in [0.2, 0.25) is 0 Å². The third-order valence-corrected chi connectivity index (χ3v) is 5.74. The van der Waals surface area contributed by atoms with Gasteiger partial charge in [-0.1, -0.05) is 11.6 Å². The molecule has 0 aromatic carbocycles. The van der Waals surface area contributed by atoms with Gasteiger partial charge in [0.1, 0.15) is 11.6 Å². The van der Waals surface area contributed by atoms with Crippen molar-refractivity contribution >= 4 is 0 Å². The summed E-state index contributed by atoms with van der Waals surface area (Å²) >= 11 is 0. The molecule has 1 atom stereocenters. The highest BCUT2D eigenvalue weighted by Gasteiger charge is 2.28. The Kier molecular flexibility index (Phi) is 5.50. The maximum absolute atomic E-state index is 5.35. The summed E-state index contributed by atoms with van der Waals surface area (Å²) in [7, 11) is 0. The summed E-state index contributed by atoms with van der Waals surface area (Å²) in [5, 5.41) is 4.08. The van der Waals surface area contributed by atoms with Crippen LogP contribution in [0.4, 0.5) is 0 Å². The van der Waals surface area contributed by atoms with Crippen molar-refractivity contribution in [3.63, 3.8) is 0 Å². The van der Waals surface area contributed by atoms with E-state index in [2.05, 4.69) is 50.7 Å². The number of nitrogens with zero attached hydrogens (tertiary/aromatic N) is 6. The van der Waals surface area contributed by atoms with Gasteiger partial charge in [0, 0.05) is 24.1 Å². The van der Waals surface area contributed by atoms with Gasteiger partial charge in [-0.25, -0.2) is 15.0 Å². The van der Waals surface area contributed by atoms with Crippen molar-refractivity contribution in [2.24, 2.45) is 0 Å². The molecule has 7 heteroatoms. The average molecular weight is 395 g/mol. The number of likely N-dealkylation sites (tertiary alicyclic amines) is 1. The molecular formula is C22H30N6O. The van der Waals surface area contributed by atoms with Crippen LogP contribution in [-0.2, 0) is 6.54 Å². The standard InChI is InChI=1S/C22H30N6O/c1-14(2)28-11-9-23-20(28)13-27-10-7-6-8-19(27)18-12-15(3)24-22(25-18)21-16(4)26-29-17(21)5/h9,11-12,14,19H,6-8,10,13H2,1-5H3. The van der Waals surface area contributed by atoms with Crippen LogP contribution >= 0.6 is 0 Å². The minimum atomic E-state index is 0.266. The van der Waals surface area contributed by atoms with E-state index in [9.17, 15) is 0 Å². The number of aromatic nitrogens is 5. The number of rotatable bonds is 5. The molecule has 4 rings (SSSR count). The molecule has 29 heavy (non-hydrogen) atoms. The zero-order chi connectivity index (χ0) is 20.5. The number of imidazole rings is 1. The lowest BCUT2D eigenvalue weighted by atomic mass is 9.98. The predicted octanol–water partition coefficient (Wildman–Crippen LogP) is 4.56. The quantitative estimate of drug-likeness (QED) is 0.631. The first-order valence-corrected chi connectivity index (χ1v) is 10.5. The van der Waals surface area contributed by atoms with Gasteiger partial charge in [-0.15, -0.1) is 0 Å². The molecule has 0 spiro atoms. The lowest BCUT2D eigenvalue weighted by Crippen LogP contribution is -2.34. The Morgan fingerprint density at radius 2 is 2.00 bits per heavy atom. The highest BCUT2D eigenvalue weighted by atomic mass is 16.5. The molecule has 0 bridgehead atoms. The second-order valence-corrected chi connectivity index (χ2v) is 8.28. The fourth-order valence-corrected chi connectivity index (χ4v) is 4.31. The van der Waals surface area contributed by atoms with E-state index in [1.54, 1.807) is 0 Å². The van der Waals surface area contributed by atoms with Crippen molar-refractivity contribution in [2.75, 3.05) is 6.54 Å². The molecule has 1 saturated heterocycles. The molecule has 0 amide bonds. The molecule has 154 valence electrons. The zero-order valence-corrected chi connectivity index (χ0v) is 18.0. The largest absolute Gasteiger partial charge is 0.361 e. The van der Waals surface area contributed by atoms with Crippen LogP contribution in [-0.4, -0.2) is 36.1 Å². The maximum Gasteiger partial charge on any atom is 0.165 e. The number of hydrogen-bond acceptors (Lipinski definition) is 6. The van der Waals surface area contributed by atoms with Gasteiger partial charge >= 0.3 is 0 Å². The van der Waals surface area contributed by atoms with E-state index >= 15 is 0 Å². The summed E-state index contributed by atoms with van der Waals surface area (Å²) in [6.45, 7) is 12.2. The molecule has 0 aliphatic carbocycles. The maximum atomic E-state index is 5.35. The zero-order valence-electron chi connectivity index (χ0n) is 18.0. The molecule has 3 aromatic rings. The van der Waals surface area contributed by atoms with Gasteiger partial charge in [0.05, 0.1) is 29.5 Å². The fourth-order valence-electron chi connectivity index (χ4n) is 4.31. The highest BCUT2D eigenvalue weighted by Crippen LogP contribution is 2.33. The number of aryl methyl sites for hydroxylation is 3. The van der Waals surface area contributed by atoms with E-state index in [0.29, 0.717) is 11.9 Å². The first-order valence-electron chi connectivity index (χ1n) is 10.5. The second-order valence-electron chi connectivity index (χ2n) is 8.28. The van der Waals surface area contributed by atoms with E-state index in [-0.39, 0.29) is 6.04 Å². The molecule has 1 aliphatic rings. The minimum absolute atomic E-state index is 0.266. The number of piperidine rings is 1. The van der Waals surface area contributed by atoms with E-state index in [0.717, 1.165) is 53.7 Å². The number of hydrogen-bond donors (Lipinski definition) is 0. The monoisotopic (exact) mass is 394 g/mol. The Morgan fingerprint density at radius 1 is 1.17 bits per heavy atom. The molecule has 4 heterocycles. The smallest absolute Gasteiger partial charge is 0.165 e. The molecule has 7 nitrogen and oxygen atoms in total. The van der Waals surface area contributed by atoms with Crippen LogP contribution in [0.3, 0.4) is 0 Å². The molecule has 3 aromatic heterocycles. The van der Waals surface area contributed by atoms with Crippen molar-refractivity contribution in [1.29, 1.82) is 0 Å². The van der Waals surface area contributed by atoms with E-state index in [1.807, 2.05) is 27.0 Å². The Hall–Kier alpha value is -2.54. The average Bonchev–Trinajstić information content (AvgIpc) is 3.28. The Morgan fingerprint density at radius 3 is 2.72 bits per heavy atom. The summed E-state index contributed by atoms with van der Waals surface area (Å²) in [5.74, 6) is 2.59. The first kappa shape index (κ1) is 19.8. The lowest BCUT2D eigenvalue weighted by molar-refractivity contribution is 0.131. The molecular weight excluding hydrogens is 364 g/mol. The summed E-state index contributed by atoms with van der Waals surface area (Å²) in [5.41, 5.74) is 3.79. The summed E-state index contributed by atoms with van der Waals surface area (Å²) in [6, 6.07) is 2.80. The van der Waals surface area contributed by atoms with Gasteiger partial charge in [-0.2, -0.15) is 0 Å². The van der Waals surface area contributed by atoms with Gasteiger partial charge in [-0.3, -0.25) is 4.90 Å². The van der Waals surface area contributed by atoms with Crippen LogP contribution in [0.5, 0.6) is 0 Å². The van der Waals surface area contributed by atoms with Crippen LogP contribution in [0.15, 0.2) is 23.0 Å². The van der Waals surface area contributed by atoms with Crippen molar-refractivity contribution in [2.45, 2.75) is 72.5 Å². The van der Waals surface area contributed by atoms with Crippen LogP contribution in [0.2, 0.25) is 0 Å². The third kappa shape index (κ3) is 3.96. The van der Waals surface area contributed by atoms with E-state index in [4.69, 9.17) is 9.51 Å². The Balaban J connectivity index is 1.67. The normalized spacial score (nSPS) is 17.9. The highest BCUT2D eigenvalue weighted by molar-refractivity contribution is 5.60. The summed E-state index contributed by atoms with van der Waals surface area (Å²) in [6.07, 6.45) is 7.49. The molecule has 1 unspecified atom stereocenters. The van der Waals surface area contributed by atoms with Gasteiger partial charge in [0.15, 0.2) is 5.82 Å². The van der Waals surface area contributed by atoms with Crippen molar-refractivity contribution in [1.82, 2.24) is 29.6 Å². The third-order valence-electron chi connectivity index (χ3n) is 5.74. The van der Waals surface area contributed by atoms with E-state index in [1.165, 1.54) is 12.8 Å². The Labute approximate surface area is 172 Å². The molecule has 0 radical (unpaired) electrons. The van der Waals surface area contributed by atoms with Crippen molar-refractivity contribution < 1.29 is 4.52 Å².